The van der Waals surface area contributed by atoms with Crippen LogP contribution in [0.4, 0.5) is 5.95 Å². The number of anilines is 1. The van der Waals surface area contributed by atoms with Crippen molar-refractivity contribution in [2.24, 2.45) is 0 Å². The molecular weight excluding hydrogens is 376 g/mol. The summed E-state index contributed by atoms with van der Waals surface area (Å²) in [6.45, 7) is 2.81. The summed E-state index contributed by atoms with van der Waals surface area (Å²) >= 11 is 0. The summed E-state index contributed by atoms with van der Waals surface area (Å²) in [5.41, 5.74) is 4.95. The summed E-state index contributed by atoms with van der Waals surface area (Å²) in [5, 5.41) is 9.31. The smallest absolute Gasteiger partial charge is 0.263 e. The van der Waals surface area contributed by atoms with E-state index in [1.165, 1.54) is 22.0 Å². The molecule has 0 saturated heterocycles. The monoisotopic (exact) mass is 398 g/mol. The van der Waals surface area contributed by atoms with Crippen molar-refractivity contribution in [1.82, 2.24) is 24.7 Å². The lowest BCUT2D eigenvalue weighted by molar-refractivity contribution is 0.892. The lowest BCUT2D eigenvalue weighted by Crippen LogP contribution is -2.15. The molecule has 2 aromatic carbocycles. The molecule has 150 valence electrons. The number of hydrogen-bond acceptors (Lipinski definition) is 4. The van der Waals surface area contributed by atoms with Crippen molar-refractivity contribution in [2.45, 2.75) is 19.8 Å². The van der Waals surface area contributed by atoms with E-state index >= 15 is 0 Å². The molecule has 0 aliphatic carbocycles. The molecule has 0 atom stereocenters. The molecule has 0 unspecified atom stereocenters. The summed E-state index contributed by atoms with van der Waals surface area (Å²) in [6.07, 6.45) is 5.42. The molecule has 5 aromatic rings. The molecule has 0 radical (unpaired) electrons. The van der Waals surface area contributed by atoms with Gasteiger partial charge in [-0.25, -0.2) is 4.68 Å². The predicted molar refractivity (Wildman–Crippen MR) is 119 cm³/mol. The number of fused-ring (bicyclic) bond motifs is 2. The SMILES string of the molecule is CCc1cccc2c(CCNc3nc4c(cnn4-c4ccccc4)c(=O)[nH]3)c[nH]c12. The molecule has 3 heterocycles. The van der Waals surface area contributed by atoms with E-state index in [-0.39, 0.29) is 5.56 Å². The summed E-state index contributed by atoms with van der Waals surface area (Å²) < 4.78 is 1.68. The van der Waals surface area contributed by atoms with Crippen LogP contribution >= 0.6 is 0 Å². The molecule has 0 saturated carbocycles. The number of aromatic amines is 2. The average Bonchev–Trinajstić information content (AvgIpc) is 3.39. The van der Waals surface area contributed by atoms with Gasteiger partial charge in [0.2, 0.25) is 5.95 Å². The van der Waals surface area contributed by atoms with Crippen LogP contribution in [0.1, 0.15) is 18.1 Å². The van der Waals surface area contributed by atoms with Crippen LogP contribution in [-0.4, -0.2) is 31.3 Å². The highest BCUT2D eigenvalue weighted by Gasteiger charge is 2.12. The summed E-state index contributed by atoms with van der Waals surface area (Å²) in [6, 6.07) is 16.1. The summed E-state index contributed by atoms with van der Waals surface area (Å²) in [7, 11) is 0. The molecule has 7 nitrogen and oxygen atoms in total. The summed E-state index contributed by atoms with van der Waals surface area (Å²) in [4.78, 5) is 23.3. The molecule has 3 N–H and O–H groups in total. The number of nitrogens with one attached hydrogen (secondary N) is 3. The molecule has 30 heavy (non-hydrogen) atoms. The van der Waals surface area contributed by atoms with E-state index in [1.54, 1.807) is 10.9 Å². The van der Waals surface area contributed by atoms with E-state index < -0.39 is 0 Å². The number of para-hydroxylation sites is 2. The quantitative estimate of drug-likeness (QED) is 0.406. The maximum Gasteiger partial charge on any atom is 0.263 e. The van der Waals surface area contributed by atoms with Gasteiger partial charge in [0.25, 0.3) is 5.56 Å². The summed E-state index contributed by atoms with van der Waals surface area (Å²) in [5.74, 6) is 0.444. The van der Waals surface area contributed by atoms with E-state index in [2.05, 4.69) is 56.7 Å². The first kappa shape index (κ1) is 18.2. The second-order valence-electron chi connectivity index (χ2n) is 7.23. The molecular formula is C23H22N6O. The van der Waals surface area contributed by atoms with Crippen molar-refractivity contribution in [2.75, 3.05) is 11.9 Å². The van der Waals surface area contributed by atoms with Gasteiger partial charge in [0.05, 0.1) is 11.9 Å². The lowest BCUT2D eigenvalue weighted by Gasteiger charge is -2.07. The minimum absolute atomic E-state index is 0.204. The van der Waals surface area contributed by atoms with Gasteiger partial charge in [-0.3, -0.25) is 9.78 Å². The largest absolute Gasteiger partial charge is 0.361 e. The minimum Gasteiger partial charge on any atom is -0.361 e. The molecule has 0 amide bonds. The van der Waals surface area contributed by atoms with E-state index in [9.17, 15) is 4.79 Å². The Bertz CT molecular complexity index is 1380. The van der Waals surface area contributed by atoms with Gasteiger partial charge in [-0.2, -0.15) is 10.1 Å². The van der Waals surface area contributed by atoms with Crippen molar-refractivity contribution in [3.8, 4) is 5.69 Å². The van der Waals surface area contributed by atoms with Gasteiger partial charge in [0.1, 0.15) is 5.39 Å². The molecule has 0 spiro atoms. The second-order valence-corrected chi connectivity index (χ2v) is 7.23. The Morgan fingerprint density at radius 3 is 2.73 bits per heavy atom. The number of benzene rings is 2. The van der Waals surface area contributed by atoms with Crippen LogP contribution in [0.25, 0.3) is 27.6 Å². The van der Waals surface area contributed by atoms with Crippen LogP contribution in [-0.2, 0) is 12.8 Å². The molecule has 0 fully saturated rings. The topological polar surface area (TPSA) is 91.4 Å². The van der Waals surface area contributed by atoms with Crippen LogP contribution < -0.4 is 10.9 Å². The van der Waals surface area contributed by atoms with Gasteiger partial charge in [-0.1, -0.05) is 43.3 Å². The Labute approximate surface area is 172 Å². The third-order valence-corrected chi connectivity index (χ3v) is 5.39. The van der Waals surface area contributed by atoms with Crippen LogP contribution in [0.2, 0.25) is 0 Å². The zero-order chi connectivity index (χ0) is 20.5. The zero-order valence-corrected chi connectivity index (χ0v) is 16.6. The highest BCUT2D eigenvalue weighted by atomic mass is 16.1. The zero-order valence-electron chi connectivity index (χ0n) is 16.6. The third kappa shape index (κ3) is 3.14. The number of hydrogen-bond donors (Lipinski definition) is 3. The van der Waals surface area contributed by atoms with E-state index in [0.29, 0.717) is 23.5 Å². The van der Waals surface area contributed by atoms with Gasteiger partial charge in [0, 0.05) is 23.6 Å². The van der Waals surface area contributed by atoms with E-state index in [4.69, 9.17) is 0 Å². The van der Waals surface area contributed by atoms with Crippen molar-refractivity contribution < 1.29 is 0 Å². The first-order valence-corrected chi connectivity index (χ1v) is 10.1. The highest BCUT2D eigenvalue weighted by Crippen LogP contribution is 2.22. The molecule has 7 heteroatoms. The van der Waals surface area contributed by atoms with Crippen LogP contribution in [0.3, 0.4) is 0 Å². The van der Waals surface area contributed by atoms with Gasteiger partial charge < -0.3 is 10.3 Å². The van der Waals surface area contributed by atoms with Crippen molar-refractivity contribution in [3.63, 3.8) is 0 Å². The molecule has 0 bridgehead atoms. The van der Waals surface area contributed by atoms with Crippen LogP contribution in [0, 0.1) is 0 Å². The van der Waals surface area contributed by atoms with E-state index in [1.807, 2.05) is 30.3 Å². The first-order valence-electron chi connectivity index (χ1n) is 10.1. The molecule has 0 aliphatic rings. The lowest BCUT2D eigenvalue weighted by atomic mass is 10.1. The van der Waals surface area contributed by atoms with Crippen molar-refractivity contribution in [3.05, 3.63) is 82.4 Å². The number of nitrogens with zero attached hydrogens (tertiary/aromatic N) is 3. The second kappa shape index (κ2) is 7.51. The minimum atomic E-state index is -0.204. The third-order valence-electron chi connectivity index (χ3n) is 5.39. The molecule has 0 aliphatic heterocycles. The Kier molecular flexibility index (Phi) is 4.55. The van der Waals surface area contributed by atoms with Crippen molar-refractivity contribution in [1.29, 1.82) is 0 Å². The first-order chi connectivity index (χ1) is 14.7. The Morgan fingerprint density at radius 1 is 1.03 bits per heavy atom. The number of aromatic nitrogens is 5. The predicted octanol–water partition coefficient (Wildman–Crippen LogP) is 3.81. The fourth-order valence-electron chi connectivity index (χ4n) is 3.85. The maximum atomic E-state index is 12.5. The maximum absolute atomic E-state index is 12.5. The van der Waals surface area contributed by atoms with Gasteiger partial charge in [0.15, 0.2) is 5.65 Å². The van der Waals surface area contributed by atoms with Crippen LogP contribution in [0.5, 0.6) is 0 Å². The normalized spacial score (nSPS) is 11.4. The number of H-pyrrole nitrogens is 2. The van der Waals surface area contributed by atoms with Gasteiger partial charge in [-0.15, -0.1) is 0 Å². The van der Waals surface area contributed by atoms with Crippen LogP contribution in [0.15, 0.2) is 65.7 Å². The fraction of sp³-hybridized carbons (Fsp3) is 0.174. The number of aryl methyl sites for hydroxylation is 1. The van der Waals surface area contributed by atoms with E-state index in [0.717, 1.165) is 18.5 Å². The van der Waals surface area contributed by atoms with Gasteiger partial charge in [-0.05, 0) is 36.1 Å². The Morgan fingerprint density at radius 2 is 1.90 bits per heavy atom. The standard InChI is InChI=1S/C23H22N6O/c1-2-15-7-6-10-18-16(13-25-20(15)18)11-12-24-23-27-21-19(22(30)28-23)14-26-29(21)17-8-4-3-5-9-17/h3-10,13-14,25H,2,11-12H2,1H3,(H2,24,27,28,30). The Balaban J connectivity index is 1.39. The fourth-order valence-corrected chi connectivity index (χ4v) is 3.85. The average molecular weight is 398 g/mol. The van der Waals surface area contributed by atoms with Crippen molar-refractivity contribution >= 4 is 27.9 Å². The highest BCUT2D eigenvalue weighted by molar-refractivity contribution is 5.86. The Hall–Kier alpha value is -3.87. The van der Waals surface area contributed by atoms with Gasteiger partial charge >= 0.3 is 0 Å². The number of rotatable bonds is 6. The molecule has 5 rings (SSSR count). The molecule has 3 aromatic heterocycles.